The second kappa shape index (κ2) is 8.96. The molecule has 0 radical (unpaired) electrons. The van der Waals surface area contributed by atoms with Crippen molar-refractivity contribution in [3.63, 3.8) is 0 Å². The fraction of sp³-hybridized carbons (Fsp3) is 0.333. The van der Waals surface area contributed by atoms with Gasteiger partial charge in [0, 0.05) is 36.8 Å². The lowest BCUT2D eigenvalue weighted by atomic mass is 10.2. The Hall–Kier alpha value is -2.46. The molecule has 3 aromatic rings. The molecule has 1 aliphatic heterocycles. The Balaban J connectivity index is 1.38. The van der Waals surface area contributed by atoms with Crippen LogP contribution in [0, 0.1) is 6.92 Å². The summed E-state index contributed by atoms with van der Waals surface area (Å²) >= 11 is 6.11. The van der Waals surface area contributed by atoms with Crippen molar-refractivity contribution in [3.05, 3.63) is 58.9 Å². The zero-order chi connectivity index (χ0) is 22.0. The van der Waals surface area contributed by atoms with E-state index in [-0.39, 0.29) is 4.90 Å². The first-order valence-corrected chi connectivity index (χ1v) is 11.6. The van der Waals surface area contributed by atoms with Crippen LogP contribution in [0.15, 0.2) is 51.9 Å². The lowest BCUT2D eigenvalue weighted by molar-refractivity contribution is 0.163. The number of aromatic nitrogens is 2. The maximum absolute atomic E-state index is 13.0. The molecule has 0 atom stereocenters. The van der Waals surface area contributed by atoms with Gasteiger partial charge in [0.15, 0.2) is 0 Å². The van der Waals surface area contributed by atoms with E-state index in [0.717, 1.165) is 11.3 Å². The van der Waals surface area contributed by atoms with Gasteiger partial charge in [-0.25, -0.2) is 8.42 Å². The quantitative estimate of drug-likeness (QED) is 0.555. The van der Waals surface area contributed by atoms with Gasteiger partial charge in [0.2, 0.25) is 21.7 Å². The van der Waals surface area contributed by atoms with E-state index in [4.69, 9.17) is 20.9 Å². The minimum Gasteiger partial charge on any atom is -0.497 e. The molecular formula is C21H23ClN4O4S. The predicted molar refractivity (Wildman–Crippen MR) is 117 cm³/mol. The molecule has 31 heavy (non-hydrogen) atoms. The smallest absolute Gasteiger partial charge is 0.243 e. The molecule has 1 aliphatic rings. The summed E-state index contributed by atoms with van der Waals surface area (Å²) < 4.78 is 38.1. The van der Waals surface area contributed by atoms with Gasteiger partial charge in [0.1, 0.15) is 5.75 Å². The molecule has 2 aromatic carbocycles. The van der Waals surface area contributed by atoms with Gasteiger partial charge < -0.3 is 9.26 Å². The van der Waals surface area contributed by atoms with Crippen molar-refractivity contribution in [2.75, 3.05) is 33.3 Å². The molecule has 0 amide bonds. The molecule has 1 fully saturated rings. The first kappa shape index (κ1) is 21.8. The van der Waals surface area contributed by atoms with Crippen LogP contribution in [0.25, 0.3) is 11.4 Å². The topological polar surface area (TPSA) is 88.8 Å². The SMILES string of the molecule is COc1ccc(-c2noc(CN3CCN(S(=O)(=O)c4cccc(Cl)c4C)CC3)n2)cc1. The van der Waals surface area contributed by atoms with Crippen LogP contribution in [0.1, 0.15) is 11.5 Å². The molecule has 164 valence electrons. The average Bonchev–Trinajstić information content (AvgIpc) is 3.24. The maximum Gasteiger partial charge on any atom is 0.243 e. The van der Waals surface area contributed by atoms with E-state index in [1.54, 1.807) is 32.2 Å². The summed E-state index contributed by atoms with van der Waals surface area (Å²) in [6.45, 7) is 4.09. The van der Waals surface area contributed by atoms with Crippen LogP contribution in [-0.2, 0) is 16.6 Å². The number of nitrogens with zero attached hydrogens (tertiary/aromatic N) is 4. The van der Waals surface area contributed by atoms with E-state index in [1.165, 1.54) is 4.31 Å². The van der Waals surface area contributed by atoms with Crippen molar-refractivity contribution < 1.29 is 17.7 Å². The Labute approximate surface area is 186 Å². The number of methoxy groups -OCH3 is 1. The largest absolute Gasteiger partial charge is 0.497 e. The Morgan fingerprint density at radius 2 is 1.81 bits per heavy atom. The molecule has 4 rings (SSSR count). The number of hydrogen-bond donors (Lipinski definition) is 0. The van der Waals surface area contributed by atoms with Gasteiger partial charge in [-0.2, -0.15) is 9.29 Å². The number of sulfonamides is 1. The van der Waals surface area contributed by atoms with Crippen LogP contribution in [-0.4, -0.2) is 61.1 Å². The van der Waals surface area contributed by atoms with Gasteiger partial charge in [-0.05, 0) is 48.9 Å². The summed E-state index contributed by atoms with van der Waals surface area (Å²) in [4.78, 5) is 6.82. The number of hydrogen-bond acceptors (Lipinski definition) is 7. The van der Waals surface area contributed by atoms with Gasteiger partial charge in [-0.1, -0.05) is 22.8 Å². The third kappa shape index (κ3) is 4.59. The molecule has 10 heteroatoms. The van der Waals surface area contributed by atoms with Crippen molar-refractivity contribution in [2.45, 2.75) is 18.4 Å². The van der Waals surface area contributed by atoms with Crippen molar-refractivity contribution in [1.82, 2.24) is 19.3 Å². The molecule has 0 unspecified atom stereocenters. The number of benzene rings is 2. The summed E-state index contributed by atoms with van der Waals surface area (Å²) in [6, 6.07) is 12.4. The normalized spacial score (nSPS) is 15.8. The van der Waals surface area contributed by atoms with E-state index in [9.17, 15) is 8.42 Å². The number of rotatable bonds is 6. The van der Waals surface area contributed by atoms with Crippen LogP contribution < -0.4 is 4.74 Å². The van der Waals surface area contributed by atoms with Gasteiger partial charge in [-0.15, -0.1) is 0 Å². The number of halogens is 1. The standard InChI is InChI=1S/C21H23ClN4O4S/c1-15-18(22)4-3-5-19(15)31(27,28)26-12-10-25(11-13-26)14-20-23-21(24-30-20)16-6-8-17(29-2)9-7-16/h3-9H,10-14H2,1-2H3. The van der Waals surface area contributed by atoms with Crippen molar-refractivity contribution >= 4 is 21.6 Å². The van der Waals surface area contributed by atoms with Gasteiger partial charge >= 0.3 is 0 Å². The molecule has 2 heterocycles. The fourth-order valence-corrected chi connectivity index (χ4v) is 5.40. The van der Waals surface area contributed by atoms with E-state index in [1.807, 2.05) is 24.3 Å². The van der Waals surface area contributed by atoms with Gasteiger partial charge in [0.05, 0.1) is 18.6 Å². The van der Waals surface area contributed by atoms with Crippen LogP contribution in [0.3, 0.4) is 0 Å². The monoisotopic (exact) mass is 462 g/mol. The highest BCUT2D eigenvalue weighted by Gasteiger charge is 2.30. The zero-order valence-corrected chi connectivity index (χ0v) is 18.9. The van der Waals surface area contributed by atoms with Gasteiger partial charge in [0.25, 0.3) is 0 Å². The predicted octanol–water partition coefficient (Wildman–Crippen LogP) is 3.21. The minimum absolute atomic E-state index is 0.259. The maximum atomic E-state index is 13.0. The highest BCUT2D eigenvalue weighted by Crippen LogP contribution is 2.26. The van der Waals surface area contributed by atoms with Crippen LogP contribution in [0.5, 0.6) is 5.75 Å². The van der Waals surface area contributed by atoms with E-state index in [0.29, 0.717) is 55.0 Å². The Bertz CT molecular complexity index is 1160. The third-order valence-corrected chi connectivity index (χ3v) is 7.79. The molecule has 1 aromatic heterocycles. The second-order valence-electron chi connectivity index (χ2n) is 7.28. The molecule has 0 saturated carbocycles. The molecule has 0 aliphatic carbocycles. The zero-order valence-electron chi connectivity index (χ0n) is 17.3. The summed E-state index contributed by atoms with van der Waals surface area (Å²) in [5, 5.41) is 4.49. The fourth-order valence-electron chi connectivity index (χ4n) is 3.50. The average molecular weight is 463 g/mol. The minimum atomic E-state index is -3.59. The first-order valence-electron chi connectivity index (χ1n) is 9.83. The summed E-state index contributed by atoms with van der Waals surface area (Å²) in [6.07, 6.45) is 0. The second-order valence-corrected chi connectivity index (χ2v) is 9.60. The lowest BCUT2D eigenvalue weighted by Crippen LogP contribution is -2.48. The highest BCUT2D eigenvalue weighted by molar-refractivity contribution is 7.89. The van der Waals surface area contributed by atoms with Crippen LogP contribution in [0.4, 0.5) is 0 Å². The molecule has 0 spiro atoms. The lowest BCUT2D eigenvalue weighted by Gasteiger charge is -2.33. The summed E-state index contributed by atoms with van der Waals surface area (Å²) in [7, 11) is -1.97. The Kier molecular flexibility index (Phi) is 6.29. The molecular weight excluding hydrogens is 440 g/mol. The van der Waals surface area contributed by atoms with E-state index < -0.39 is 10.0 Å². The molecule has 0 N–H and O–H groups in total. The summed E-state index contributed by atoms with van der Waals surface area (Å²) in [5.74, 6) is 1.76. The molecule has 8 nitrogen and oxygen atoms in total. The first-order chi connectivity index (χ1) is 14.9. The van der Waals surface area contributed by atoms with Crippen molar-refractivity contribution in [1.29, 1.82) is 0 Å². The molecule has 1 saturated heterocycles. The molecule has 0 bridgehead atoms. The summed E-state index contributed by atoms with van der Waals surface area (Å²) in [5.41, 5.74) is 1.41. The van der Waals surface area contributed by atoms with E-state index in [2.05, 4.69) is 15.0 Å². The third-order valence-electron chi connectivity index (χ3n) is 5.34. The Morgan fingerprint density at radius 3 is 2.48 bits per heavy atom. The van der Waals surface area contributed by atoms with Crippen molar-refractivity contribution in [3.8, 4) is 17.1 Å². The Morgan fingerprint density at radius 1 is 1.10 bits per heavy atom. The number of piperazine rings is 1. The highest BCUT2D eigenvalue weighted by atomic mass is 35.5. The number of ether oxygens (including phenoxy) is 1. The van der Waals surface area contributed by atoms with Crippen LogP contribution >= 0.6 is 11.6 Å². The van der Waals surface area contributed by atoms with Gasteiger partial charge in [-0.3, -0.25) is 4.90 Å². The van der Waals surface area contributed by atoms with Crippen molar-refractivity contribution in [2.24, 2.45) is 0 Å². The van der Waals surface area contributed by atoms with Crippen LogP contribution in [0.2, 0.25) is 5.02 Å². The van der Waals surface area contributed by atoms with E-state index >= 15 is 0 Å².